The van der Waals surface area contributed by atoms with Crippen LogP contribution in [0.1, 0.15) is 24.0 Å². The third-order valence-corrected chi connectivity index (χ3v) is 7.58. The first-order valence-corrected chi connectivity index (χ1v) is 12.2. The number of hydrogen-bond donors (Lipinski definition) is 1. The van der Waals surface area contributed by atoms with E-state index in [1.807, 2.05) is 0 Å². The van der Waals surface area contributed by atoms with Crippen LogP contribution in [0.5, 0.6) is 17.2 Å². The van der Waals surface area contributed by atoms with Gasteiger partial charge in [-0.05, 0) is 31.0 Å². The first kappa shape index (κ1) is 24.8. The minimum absolute atomic E-state index is 0.140. The molecule has 1 fully saturated rings. The van der Waals surface area contributed by atoms with Crippen LogP contribution < -0.4 is 19.5 Å². The summed E-state index contributed by atoms with van der Waals surface area (Å²) in [5.74, 6) is 0.0463. The van der Waals surface area contributed by atoms with Crippen molar-refractivity contribution in [3.63, 3.8) is 0 Å². The fraction of sp³-hybridized carbons (Fsp3) is 0.435. The van der Waals surface area contributed by atoms with Crippen molar-refractivity contribution in [3.8, 4) is 17.2 Å². The molecule has 0 unspecified atom stereocenters. The molecule has 0 aromatic heterocycles. The van der Waals surface area contributed by atoms with Crippen molar-refractivity contribution >= 4 is 15.9 Å². The van der Waals surface area contributed by atoms with Crippen molar-refractivity contribution < 1.29 is 31.8 Å². The highest BCUT2D eigenvalue weighted by Crippen LogP contribution is 2.39. The van der Waals surface area contributed by atoms with E-state index in [-0.39, 0.29) is 37.0 Å². The number of carbonyl (C=O) groups is 1. The van der Waals surface area contributed by atoms with Crippen LogP contribution >= 0.6 is 0 Å². The van der Waals surface area contributed by atoms with E-state index in [1.54, 1.807) is 18.2 Å². The van der Waals surface area contributed by atoms with Gasteiger partial charge in [0.15, 0.2) is 11.5 Å². The topological polar surface area (TPSA) is 94.2 Å². The molecule has 0 spiro atoms. The van der Waals surface area contributed by atoms with Crippen molar-refractivity contribution in [2.24, 2.45) is 5.92 Å². The number of ether oxygens (including phenoxy) is 3. The third kappa shape index (κ3) is 5.75. The number of piperidine rings is 1. The van der Waals surface area contributed by atoms with Gasteiger partial charge in [-0.2, -0.15) is 0 Å². The van der Waals surface area contributed by atoms with Crippen molar-refractivity contribution in [2.75, 3.05) is 34.4 Å². The predicted octanol–water partition coefficient (Wildman–Crippen LogP) is 2.71. The van der Waals surface area contributed by atoms with E-state index in [4.69, 9.17) is 14.2 Å². The number of amides is 1. The van der Waals surface area contributed by atoms with E-state index >= 15 is 0 Å². The lowest BCUT2D eigenvalue weighted by molar-refractivity contribution is -0.126. The van der Waals surface area contributed by atoms with Crippen LogP contribution in [0.25, 0.3) is 0 Å². The molecule has 1 saturated heterocycles. The summed E-state index contributed by atoms with van der Waals surface area (Å²) in [7, 11) is 0.887. The Morgan fingerprint density at radius 1 is 1.00 bits per heavy atom. The normalized spacial score (nSPS) is 15.2. The smallest absolute Gasteiger partial charge is 0.223 e. The fourth-order valence-corrected chi connectivity index (χ4v) is 5.51. The quantitative estimate of drug-likeness (QED) is 0.593. The molecule has 1 aliphatic heterocycles. The van der Waals surface area contributed by atoms with Crippen LogP contribution in [-0.2, 0) is 27.1 Å². The summed E-state index contributed by atoms with van der Waals surface area (Å²) >= 11 is 0. The minimum atomic E-state index is -3.67. The van der Waals surface area contributed by atoms with Gasteiger partial charge in [-0.25, -0.2) is 17.1 Å². The average Bonchev–Trinajstić information content (AvgIpc) is 2.83. The Morgan fingerprint density at radius 3 is 2.27 bits per heavy atom. The monoisotopic (exact) mass is 480 g/mol. The average molecular weight is 481 g/mol. The van der Waals surface area contributed by atoms with Crippen molar-refractivity contribution in [1.29, 1.82) is 0 Å². The summed E-state index contributed by atoms with van der Waals surface area (Å²) in [6, 6.07) is 9.37. The molecule has 0 bridgehead atoms. The predicted molar refractivity (Wildman–Crippen MR) is 121 cm³/mol. The van der Waals surface area contributed by atoms with Crippen LogP contribution in [0.4, 0.5) is 4.39 Å². The van der Waals surface area contributed by atoms with Gasteiger partial charge >= 0.3 is 0 Å². The van der Waals surface area contributed by atoms with Crippen molar-refractivity contribution in [1.82, 2.24) is 9.62 Å². The number of hydrogen-bond acceptors (Lipinski definition) is 6. The van der Waals surface area contributed by atoms with Crippen LogP contribution in [0.15, 0.2) is 36.4 Å². The molecule has 2 aromatic carbocycles. The molecule has 0 saturated carbocycles. The van der Waals surface area contributed by atoms with Gasteiger partial charge < -0.3 is 19.5 Å². The Bertz CT molecular complexity index is 1080. The molecule has 0 atom stereocenters. The Hall–Kier alpha value is -2.85. The lowest BCUT2D eigenvalue weighted by atomic mass is 9.97. The molecular weight excluding hydrogens is 451 g/mol. The summed E-state index contributed by atoms with van der Waals surface area (Å²) in [6.07, 6.45) is 0.788. The summed E-state index contributed by atoms with van der Waals surface area (Å²) in [4.78, 5) is 12.7. The van der Waals surface area contributed by atoms with E-state index in [9.17, 15) is 17.6 Å². The van der Waals surface area contributed by atoms with E-state index in [0.717, 1.165) is 5.56 Å². The van der Waals surface area contributed by atoms with Gasteiger partial charge in [-0.15, -0.1) is 0 Å². The number of halogens is 1. The van der Waals surface area contributed by atoms with E-state index < -0.39 is 21.6 Å². The summed E-state index contributed by atoms with van der Waals surface area (Å²) < 4.78 is 56.7. The van der Waals surface area contributed by atoms with Gasteiger partial charge in [0.2, 0.25) is 21.7 Å². The Labute approximate surface area is 193 Å². The minimum Gasteiger partial charge on any atom is -0.493 e. The van der Waals surface area contributed by atoms with Crippen molar-refractivity contribution in [2.45, 2.75) is 25.1 Å². The van der Waals surface area contributed by atoms with Crippen LogP contribution in [0, 0.1) is 11.7 Å². The second-order valence-corrected chi connectivity index (χ2v) is 9.70. The number of nitrogens with one attached hydrogen (secondary N) is 1. The van der Waals surface area contributed by atoms with Gasteiger partial charge in [0, 0.05) is 36.7 Å². The zero-order valence-corrected chi connectivity index (χ0v) is 19.8. The molecule has 0 aliphatic carbocycles. The van der Waals surface area contributed by atoms with Gasteiger partial charge in [0.1, 0.15) is 5.82 Å². The van der Waals surface area contributed by atoms with Crippen molar-refractivity contribution in [3.05, 3.63) is 53.3 Å². The number of rotatable bonds is 9. The maximum atomic E-state index is 13.9. The number of sulfonamides is 1. The number of methoxy groups -OCH3 is 3. The number of benzene rings is 2. The SMILES string of the molecule is COc1ccc(CNC(=O)C2CCN(S(=O)(=O)Cc3ccccc3F)CC2)c(OC)c1OC. The van der Waals surface area contributed by atoms with Crippen LogP contribution in [0.2, 0.25) is 0 Å². The van der Waals surface area contributed by atoms with E-state index in [2.05, 4.69) is 5.32 Å². The first-order valence-electron chi connectivity index (χ1n) is 10.6. The third-order valence-electron chi connectivity index (χ3n) is 5.75. The summed E-state index contributed by atoms with van der Waals surface area (Å²) in [5.41, 5.74) is 0.870. The molecule has 2 aromatic rings. The Kier molecular flexibility index (Phi) is 8.15. The highest BCUT2D eigenvalue weighted by molar-refractivity contribution is 7.88. The maximum Gasteiger partial charge on any atom is 0.223 e. The molecular formula is C23H29FN2O6S. The molecule has 1 heterocycles. The zero-order valence-electron chi connectivity index (χ0n) is 19.0. The highest BCUT2D eigenvalue weighted by Gasteiger charge is 2.31. The largest absolute Gasteiger partial charge is 0.493 e. The molecule has 180 valence electrons. The first-order chi connectivity index (χ1) is 15.8. The van der Waals surface area contributed by atoms with Gasteiger partial charge in [0.05, 0.1) is 27.1 Å². The summed E-state index contributed by atoms with van der Waals surface area (Å²) in [5, 5.41) is 2.90. The van der Waals surface area contributed by atoms with E-state index in [1.165, 1.54) is 43.8 Å². The Balaban J connectivity index is 1.57. The second kappa shape index (κ2) is 10.8. The molecule has 3 rings (SSSR count). The molecule has 1 aliphatic rings. The van der Waals surface area contributed by atoms with E-state index in [0.29, 0.717) is 30.1 Å². The second-order valence-electron chi connectivity index (χ2n) is 7.73. The van der Waals surface area contributed by atoms with Crippen LogP contribution in [-0.4, -0.2) is 53.0 Å². The number of nitrogens with zero attached hydrogens (tertiary/aromatic N) is 1. The van der Waals surface area contributed by atoms with Gasteiger partial charge in [-0.3, -0.25) is 4.79 Å². The van der Waals surface area contributed by atoms with Gasteiger partial charge in [-0.1, -0.05) is 18.2 Å². The maximum absolute atomic E-state index is 13.9. The lowest BCUT2D eigenvalue weighted by Gasteiger charge is -2.30. The van der Waals surface area contributed by atoms with Gasteiger partial charge in [0.25, 0.3) is 0 Å². The number of carbonyl (C=O) groups excluding carboxylic acids is 1. The molecule has 1 N–H and O–H groups in total. The molecule has 8 nitrogen and oxygen atoms in total. The molecule has 10 heteroatoms. The zero-order chi connectivity index (χ0) is 24.0. The molecule has 33 heavy (non-hydrogen) atoms. The lowest BCUT2D eigenvalue weighted by Crippen LogP contribution is -2.43. The Morgan fingerprint density at radius 2 is 1.67 bits per heavy atom. The standard InChI is InChI=1S/C23H29FN2O6S/c1-30-20-9-8-17(21(31-2)22(20)32-3)14-25-23(27)16-10-12-26(13-11-16)33(28,29)15-18-6-4-5-7-19(18)24/h4-9,16H,10-15H2,1-3H3,(H,25,27). The highest BCUT2D eigenvalue weighted by atomic mass is 32.2. The fourth-order valence-electron chi connectivity index (χ4n) is 3.93. The molecule has 0 radical (unpaired) electrons. The summed E-state index contributed by atoms with van der Waals surface area (Å²) in [6.45, 7) is 0.664. The van der Waals surface area contributed by atoms with Crippen LogP contribution in [0.3, 0.4) is 0 Å². The molecule has 1 amide bonds.